The topological polar surface area (TPSA) is 8.88 Å². The molecule has 0 aromatic carbocycles. The Bertz CT molecular complexity index is 136. The molecule has 0 spiro atoms. The van der Waals surface area contributed by atoms with E-state index >= 15 is 0 Å². The Balaban J connectivity index is -0.000000155. The van der Waals surface area contributed by atoms with Gasteiger partial charge in [0.05, 0.1) is 42.3 Å². The number of nitrogens with one attached hydrogen (secondary N) is 2. The fourth-order valence-electron chi connectivity index (χ4n) is 0. The van der Waals surface area contributed by atoms with Crippen molar-refractivity contribution in [3.05, 3.63) is 0 Å². The molecule has 0 radical (unpaired) electrons. The minimum atomic E-state index is -5.15. The summed E-state index contributed by atoms with van der Waals surface area (Å²) < 4.78 is 0. The third kappa shape index (κ3) is 637. The van der Waals surface area contributed by atoms with E-state index in [2.05, 4.69) is 42.3 Å². The molecule has 0 aliphatic carbocycles. The molecule has 0 fully saturated rings. The molecule has 0 unspecified atom stereocenters. The molecule has 9 heteroatoms. The Morgan fingerprint density at radius 2 is 0.533 bits per heavy atom. The molecule has 0 rings (SSSR count). The Morgan fingerprint density at radius 3 is 0.533 bits per heavy atom. The molecular weight excluding hydrogens is 416 g/mol. The fraction of sp³-hybridized carbons (Fsp3) is 1.00. The van der Waals surface area contributed by atoms with Crippen LogP contribution in [0.25, 0.3) is 0 Å². The van der Waals surface area contributed by atoms with Crippen LogP contribution in [0, 0.1) is 0 Å². The van der Waals surface area contributed by atoms with Crippen LogP contribution in [0.5, 0.6) is 0 Å². The average molecular weight is 436 g/mol. The Labute approximate surface area is 116 Å². The number of quaternary nitrogens is 2. The second kappa shape index (κ2) is 7.02. The van der Waals surface area contributed by atoms with Crippen LogP contribution >= 0.6 is 58.1 Å². The molecule has 0 aromatic heterocycles. The van der Waals surface area contributed by atoms with Gasteiger partial charge in [0.15, 0.2) is 0 Å². The summed E-state index contributed by atoms with van der Waals surface area (Å²) in [5.41, 5.74) is 0. The molecule has 105 valence electrons. The zero-order chi connectivity index (χ0) is 13.6. The van der Waals surface area contributed by atoms with E-state index in [0.717, 1.165) is 0 Å². The van der Waals surface area contributed by atoms with Crippen LogP contribution in [0.3, 0.4) is 0 Å². The Hall–Kier alpha value is 2.28. The molecule has 0 aliphatic rings. The molecule has 0 saturated heterocycles. The van der Waals surface area contributed by atoms with Gasteiger partial charge in [0, 0.05) is 0 Å². The monoisotopic (exact) mass is 433 g/mol. The quantitative estimate of drug-likeness (QED) is 0.536. The van der Waals surface area contributed by atoms with Crippen molar-refractivity contribution in [3.8, 4) is 0 Å². The van der Waals surface area contributed by atoms with Crippen LogP contribution < -0.4 is 9.80 Å². The predicted octanol–water partition coefficient (Wildman–Crippen LogP) is 1.66. The van der Waals surface area contributed by atoms with E-state index in [1.807, 2.05) is 0 Å². The van der Waals surface area contributed by atoms with Crippen molar-refractivity contribution in [1.29, 1.82) is 0 Å². The van der Waals surface area contributed by atoms with Crippen molar-refractivity contribution in [2.24, 2.45) is 0 Å². The molecule has 0 amide bonds. The van der Waals surface area contributed by atoms with Gasteiger partial charge in [-0.1, -0.05) is 0 Å². The van der Waals surface area contributed by atoms with E-state index in [4.69, 9.17) is 58.1 Å². The summed E-state index contributed by atoms with van der Waals surface area (Å²) in [4.78, 5) is 2.83. The van der Waals surface area contributed by atoms with E-state index in [9.17, 15) is 0 Å². The summed E-state index contributed by atoms with van der Waals surface area (Å²) in [7, 11) is 42.7. The zero-order valence-corrected chi connectivity index (χ0v) is 15.8. The van der Waals surface area contributed by atoms with E-state index in [0.29, 0.717) is 0 Å². The van der Waals surface area contributed by atoms with Gasteiger partial charge in [0.25, 0.3) is 0 Å². The van der Waals surface area contributed by atoms with Crippen molar-refractivity contribution in [3.63, 3.8) is 0 Å². The Morgan fingerprint density at radius 1 is 0.533 bits per heavy atom. The zero-order valence-electron chi connectivity index (χ0n) is 9.60. The van der Waals surface area contributed by atoms with Crippen molar-refractivity contribution in [2.75, 3.05) is 42.3 Å². The third-order valence-electron chi connectivity index (χ3n) is 0. The van der Waals surface area contributed by atoms with Crippen LogP contribution in [0.1, 0.15) is 0 Å². The van der Waals surface area contributed by atoms with Gasteiger partial charge in [-0.3, -0.25) is 0 Å². The van der Waals surface area contributed by atoms with E-state index in [1.165, 1.54) is 9.80 Å². The number of halogens is 6. The number of hydrogen-bond acceptors (Lipinski definition) is 0. The molecule has 0 heterocycles. The van der Waals surface area contributed by atoms with E-state index in [-0.39, 0.29) is 0 Å². The van der Waals surface area contributed by atoms with Crippen LogP contribution in [0.15, 0.2) is 0 Å². The first kappa shape index (κ1) is 22.5. The molecule has 0 saturated carbocycles. The summed E-state index contributed by atoms with van der Waals surface area (Å²) >= 11 is 0. The normalized spacial score (nSPS) is 15.6. The van der Waals surface area contributed by atoms with Gasteiger partial charge in [0.2, 0.25) is 0 Å². The molecule has 2 N–H and O–H groups in total. The van der Waals surface area contributed by atoms with Crippen molar-refractivity contribution >= 4 is 58.1 Å². The minimum absolute atomic E-state index is 1.42. The summed E-state index contributed by atoms with van der Waals surface area (Å²) in [6, 6.07) is 0. The van der Waals surface area contributed by atoms with Crippen molar-refractivity contribution in [2.45, 2.75) is 0 Å². The van der Waals surface area contributed by atoms with Crippen LogP contribution in [-0.2, 0) is 6.48 Å². The van der Waals surface area contributed by atoms with Crippen LogP contribution in [0.4, 0.5) is 0 Å². The fourth-order valence-corrected chi connectivity index (χ4v) is 0. The molecule has 15 heavy (non-hydrogen) atoms. The van der Waals surface area contributed by atoms with Gasteiger partial charge in [-0.2, -0.15) is 0 Å². The van der Waals surface area contributed by atoms with Crippen LogP contribution in [0.2, 0.25) is 0 Å². The summed E-state index contributed by atoms with van der Waals surface area (Å²) in [6.07, 6.45) is 0. The standard InChI is InChI=1S/2C3H9N.6ClH.Rh/c2*1-4(2)3;;;;;;;/h2*1-3H3;6*1H;/q;;;;;;;;+4/p-4. The maximum atomic E-state index is 5.04. The van der Waals surface area contributed by atoms with Gasteiger partial charge in [-0.15, -0.1) is 0 Å². The van der Waals surface area contributed by atoms with Gasteiger partial charge >= 0.3 is 64.6 Å². The molecular formula is C6H20Cl6N2Rh. The first-order valence-electron chi connectivity index (χ1n) is 3.76. The molecule has 0 atom stereocenters. The molecule has 0 bridgehead atoms. The van der Waals surface area contributed by atoms with Gasteiger partial charge in [0.1, 0.15) is 0 Å². The molecule has 0 aliphatic heterocycles. The molecule has 2 nitrogen and oxygen atoms in total. The van der Waals surface area contributed by atoms with Gasteiger partial charge < -0.3 is 9.80 Å². The molecule has 0 aromatic rings. The SMILES string of the molecule is C[NH+](C)C.C[NH+](C)C.[Cl][Rh-2]([Cl])([Cl])([Cl])([Cl])[Cl]. The first-order chi connectivity index (χ1) is 5.91. The van der Waals surface area contributed by atoms with E-state index < -0.39 is 6.48 Å². The number of rotatable bonds is 0. The number of hydrogen-bond donors (Lipinski definition) is 2. The van der Waals surface area contributed by atoms with Gasteiger partial charge in [-0.25, -0.2) is 0 Å². The maximum absolute atomic E-state index is 5.15. The Kier molecular flexibility index (Phi) is 10.5. The van der Waals surface area contributed by atoms with Crippen molar-refractivity contribution < 1.29 is 16.3 Å². The van der Waals surface area contributed by atoms with Crippen LogP contribution in [-0.4, -0.2) is 42.3 Å². The van der Waals surface area contributed by atoms with E-state index in [1.54, 1.807) is 0 Å². The first-order valence-corrected chi connectivity index (χ1v) is 16.4. The van der Waals surface area contributed by atoms with Gasteiger partial charge in [-0.05, 0) is 0 Å². The summed E-state index contributed by atoms with van der Waals surface area (Å²) in [5.74, 6) is 0. The average Bonchev–Trinajstić information content (AvgIpc) is 1.44. The predicted molar refractivity (Wildman–Crippen MR) is 72.6 cm³/mol. The summed E-state index contributed by atoms with van der Waals surface area (Å²) in [6.45, 7) is -5.15. The second-order valence-electron chi connectivity index (χ2n) is 3.71. The van der Waals surface area contributed by atoms with Crippen molar-refractivity contribution in [1.82, 2.24) is 0 Å². The second-order valence-corrected chi connectivity index (χ2v) is 41.0. The third-order valence-corrected chi connectivity index (χ3v) is 0. The summed E-state index contributed by atoms with van der Waals surface area (Å²) in [5, 5.41) is 0.